The molecular formula is C16H31NO5. The van der Waals surface area contributed by atoms with E-state index in [-0.39, 0.29) is 12.6 Å². The van der Waals surface area contributed by atoms with Crippen LogP contribution in [-0.2, 0) is 19.0 Å². The van der Waals surface area contributed by atoms with Crippen molar-refractivity contribution in [1.82, 2.24) is 5.32 Å². The number of unbranched alkanes of at least 4 members (excludes halogenated alkanes) is 1. The van der Waals surface area contributed by atoms with Gasteiger partial charge >= 0.3 is 12.1 Å². The van der Waals surface area contributed by atoms with Crippen LogP contribution >= 0.6 is 0 Å². The van der Waals surface area contributed by atoms with E-state index in [9.17, 15) is 9.59 Å². The van der Waals surface area contributed by atoms with Crippen LogP contribution in [-0.4, -0.2) is 45.0 Å². The standard InChI is InChI=1S/C16H31NO5/c1-5-6-9-14(17-16(19)22-12-11-20-4)15(18)21-10-7-8-13(2)3/h13-14H,5-12H2,1-4H3,(H,17,19). The molecule has 1 unspecified atom stereocenters. The predicted octanol–water partition coefficient (Wildman–Crippen LogP) is 2.90. The van der Waals surface area contributed by atoms with Gasteiger partial charge in [-0.15, -0.1) is 0 Å². The summed E-state index contributed by atoms with van der Waals surface area (Å²) in [6.45, 7) is 7.16. The first kappa shape index (κ1) is 20.7. The third-order valence-corrected chi connectivity index (χ3v) is 3.11. The van der Waals surface area contributed by atoms with Crippen LogP contribution in [0.5, 0.6) is 0 Å². The fourth-order valence-electron chi connectivity index (χ4n) is 1.82. The number of methoxy groups -OCH3 is 1. The highest BCUT2D eigenvalue weighted by Crippen LogP contribution is 2.06. The Labute approximate surface area is 133 Å². The number of hydrogen-bond donors (Lipinski definition) is 1. The van der Waals surface area contributed by atoms with Gasteiger partial charge in [-0.1, -0.05) is 33.6 Å². The van der Waals surface area contributed by atoms with Crippen molar-refractivity contribution in [1.29, 1.82) is 0 Å². The molecular weight excluding hydrogens is 286 g/mol. The van der Waals surface area contributed by atoms with Crippen LogP contribution in [0.15, 0.2) is 0 Å². The largest absolute Gasteiger partial charge is 0.464 e. The molecule has 22 heavy (non-hydrogen) atoms. The number of hydrogen-bond acceptors (Lipinski definition) is 5. The predicted molar refractivity (Wildman–Crippen MR) is 84.7 cm³/mol. The van der Waals surface area contributed by atoms with Crippen LogP contribution in [0.25, 0.3) is 0 Å². The van der Waals surface area contributed by atoms with Crippen LogP contribution in [0.1, 0.15) is 52.9 Å². The molecule has 1 atom stereocenters. The lowest BCUT2D eigenvalue weighted by Gasteiger charge is -2.17. The minimum absolute atomic E-state index is 0.159. The van der Waals surface area contributed by atoms with Crippen LogP contribution in [0.2, 0.25) is 0 Å². The van der Waals surface area contributed by atoms with Crippen molar-refractivity contribution in [3.8, 4) is 0 Å². The minimum atomic E-state index is -0.644. The number of ether oxygens (including phenoxy) is 3. The van der Waals surface area contributed by atoms with Gasteiger partial charge in [0.25, 0.3) is 0 Å². The molecule has 0 saturated heterocycles. The first-order valence-electron chi connectivity index (χ1n) is 8.10. The molecule has 0 heterocycles. The first-order chi connectivity index (χ1) is 10.5. The van der Waals surface area contributed by atoms with E-state index < -0.39 is 12.1 Å². The molecule has 0 saturated carbocycles. The van der Waals surface area contributed by atoms with E-state index in [1.54, 1.807) is 0 Å². The van der Waals surface area contributed by atoms with E-state index in [0.717, 1.165) is 25.7 Å². The van der Waals surface area contributed by atoms with Crippen molar-refractivity contribution in [2.24, 2.45) is 5.92 Å². The quantitative estimate of drug-likeness (QED) is 0.442. The summed E-state index contributed by atoms with van der Waals surface area (Å²) < 4.78 is 15.0. The Morgan fingerprint density at radius 1 is 1.00 bits per heavy atom. The van der Waals surface area contributed by atoms with Crippen LogP contribution in [0, 0.1) is 5.92 Å². The van der Waals surface area contributed by atoms with Gasteiger partial charge in [-0.3, -0.25) is 0 Å². The third-order valence-electron chi connectivity index (χ3n) is 3.11. The van der Waals surface area contributed by atoms with E-state index in [2.05, 4.69) is 19.2 Å². The number of rotatable bonds is 12. The lowest BCUT2D eigenvalue weighted by molar-refractivity contribution is -0.146. The Kier molecular flexibility index (Phi) is 12.6. The molecule has 0 rings (SSSR count). The number of alkyl carbamates (subject to hydrolysis) is 1. The fraction of sp³-hybridized carbons (Fsp3) is 0.875. The van der Waals surface area contributed by atoms with E-state index >= 15 is 0 Å². The average molecular weight is 317 g/mol. The molecule has 0 aromatic rings. The molecule has 6 heteroatoms. The van der Waals surface area contributed by atoms with Gasteiger partial charge in [0.2, 0.25) is 0 Å². The van der Waals surface area contributed by atoms with Gasteiger partial charge in [0.15, 0.2) is 0 Å². The van der Waals surface area contributed by atoms with Gasteiger partial charge in [0.1, 0.15) is 12.6 Å². The molecule has 0 aromatic heterocycles. The van der Waals surface area contributed by atoms with Crippen LogP contribution in [0.4, 0.5) is 4.79 Å². The highest BCUT2D eigenvalue weighted by Gasteiger charge is 2.22. The normalized spacial score (nSPS) is 12.0. The van der Waals surface area contributed by atoms with Crippen molar-refractivity contribution in [2.75, 3.05) is 26.9 Å². The summed E-state index contributed by atoms with van der Waals surface area (Å²) >= 11 is 0. The molecule has 6 nitrogen and oxygen atoms in total. The second-order valence-electron chi connectivity index (χ2n) is 5.67. The zero-order valence-corrected chi connectivity index (χ0v) is 14.4. The summed E-state index contributed by atoms with van der Waals surface area (Å²) in [5, 5.41) is 2.57. The summed E-state index contributed by atoms with van der Waals surface area (Å²) in [7, 11) is 1.53. The number of amides is 1. The number of carbonyl (C=O) groups excluding carboxylic acids is 2. The summed E-state index contributed by atoms with van der Waals surface area (Å²) in [5.41, 5.74) is 0. The second kappa shape index (κ2) is 13.4. The van der Waals surface area contributed by atoms with Crippen molar-refractivity contribution < 1.29 is 23.8 Å². The lowest BCUT2D eigenvalue weighted by Crippen LogP contribution is -2.42. The van der Waals surface area contributed by atoms with Gasteiger partial charge in [-0.05, 0) is 25.2 Å². The molecule has 0 radical (unpaired) electrons. The highest BCUT2D eigenvalue weighted by atomic mass is 16.6. The molecule has 130 valence electrons. The molecule has 0 bridgehead atoms. The second-order valence-corrected chi connectivity index (χ2v) is 5.67. The fourth-order valence-corrected chi connectivity index (χ4v) is 1.82. The summed E-state index contributed by atoms with van der Waals surface area (Å²) in [6.07, 6.45) is 3.57. The van der Waals surface area contributed by atoms with E-state index in [4.69, 9.17) is 14.2 Å². The van der Waals surface area contributed by atoms with Gasteiger partial charge in [-0.2, -0.15) is 0 Å². The topological polar surface area (TPSA) is 73.9 Å². The van der Waals surface area contributed by atoms with E-state index in [0.29, 0.717) is 25.6 Å². The van der Waals surface area contributed by atoms with Crippen molar-refractivity contribution >= 4 is 12.1 Å². The molecule has 0 aliphatic heterocycles. The maximum absolute atomic E-state index is 12.0. The molecule has 0 aliphatic rings. The van der Waals surface area contributed by atoms with Gasteiger partial charge in [0.05, 0.1) is 13.2 Å². The van der Waals surface area contributed by atoms with Gasteiger partial charge in [0, 0.05) is 7.11 Å². The smallest absolute Gasteiger partial charge is 0.407 e. The monoisotopic (exact) mass is 317 g/mol. The Morgan fingerprint density at radius 3 is 2.32 bits per heavy atom. The molecule has 0 aliphatic carbocycles. The first-order valence-corrected chi connectivity index (χ1v) is 8.10. The summed E-state index contributed by atoms with van der Waals surface area (Å²) in [5.74, 6) is 0.198. The number of carbonyl (C=O) groups is 2. The Balaban J connectivity index is 4.18. The molecule has 0 spiro atoms. The maximum Gasteiger partial charge on any atom is 0.407 e. The number of esters is 1. The summed E-state index contributed by atoms with van der Waals surface area (Å²) in [4.78, 5) is 23.7. The van der Waals surface area contributed by atoms with Gasteiger partial charge < -0.3 is 19.5 Å². The Bertz CT molecular complexity index is 307. The van der Waals surface area contributed by atoms with E-state index in [1.807, 2.05) is 6.92 Å². The lowest BCUT2D eigenvalue weighted by atomic mass is 10.1. The SMILES string of the molecule is CCCCC(NC(=O)OCCOC)C(=O)OCCCC(C)C. The maximum atomic E-state index is 12.0. The molecule has 0 fully saturated rings. The third kappa shape index (κ3) is 11.4. The van der Waals surface area contributed by atoms with Crippen molar-refractivity contribution in [3.63, 3.8) is 0 Å². The van der Waals surface area contributed by atoms with Crippen LogP contribution < -0.4 is 5.32 Å². The Hall–Kier alpha value is -1.30. The van der Waals surface area contributed by atoms with Crippen molar-refractivity contribution in [3.05, 3.63) is 0 Å². The van der Waals surface area contributed by atoms with Crippen molar-refractivity contribution in [2.45, 2.75) is 58.9 Å². The molecule has 1 N–H and O–H groups in total. The minimum Gasteiger partial charge on any atom is -0.464 e. The van der Waals surface area contributed by atoms with Gasteiger partial charge in [-0.25, -0.2) is 9.59 Å². The average Bonchev–Trinajstić information content (AvgIpc) is 2.47. The van der Waals surface area contributed by atoms with Crippen LogP contribution in [0.3, 0.4) is 0 Å². The molecule has 1 amide bonds. The zero-order chi connectivity index (χ0) is 16.8. The molecule has 0 aromatic carbocycles. The number of nitrogens with one attached hydrogen (secondary N) is 1. The van der Waals surface area contributed by atoms with E-state index in [1.165, 1.54) is 7.11 Å². The highest BCUT2D eigenvalue weighted by molar-refractivity contribution is 5.81. The zero-order valence-electron chi connectivity index (χ0n) is 14.4. The Morgan fingerprint density at radius 2 is 1.73 bits per heavy atom. The summed E-state index contributed by atoms with van der Waals surface area (Å²) in [6, 6.07) is -0.644.